The van der Waals surface area contributed by atoms with Gasteiger partial charge in [0, 0.05) is 29.8 Å². The van der Waals surface area contributed by atoms with Gasteiger partial charge in [0.25, 0.3) is 0 Å². The summed E-state index contributed by atoms with van der Waals surface area (Å²) in [6.07, 6.45) is 3.75. The Bertz CT molecular complexity index is 870. The summed E-state index contributed by atoms with van der Waals surface area (Å²) in [6, 6.07) is 14.7. The number of nitrogens with zero attached hydrogens (tertiary/aromatic N) is 4. The van der Waals surface area contributed by atoms with Crippen molar-refractivity contribution in [2.75, 3.05) is 23.3 Å². The van der Waals surface area contributed by atoms with Gasteiger partial charge >= 0.3 is 0 Å². The van der Waals surface area contributed by atoms with E-state index in [0.29, 0.717) is 12.6 Å². The largest absolute Gasteiger partial charge is 0.382 e. The van der Waals surface area contributed by atoms with Crippen molar-refractivity contribution in [2.45, 2.75) is 25.4 Å². The molecule has 0 spiro atoms. The van der Waals surface area contributed by atoms with Crippen LogP contribution in [0, 0.1) is 5.82 Å². The molecule has 2 heterocycles. The van der Waals surface area contributed by atoms with Crippen LogP contribution in [0.2, 0.25) is 5.02 Å². The lowest BCUT2D eigenvalue weighted by atomic mass is 10.0. The fourth-order valence-electron chi connectivity index (χ4n) is 3.29. The van der Waals surface area contributed by atoms with Crippen molar-refractivity contribution in [3.63, 3.8) is 0 Å². The molecule has 0 unspecified atom stereocenters. The van der Waals surface area contributed by atoms with E-state index in [2.05, 4.69) is 20.3 Å². The van der Waals surface area contributed by atoms with Gasteiger partial charge in [0.2, 0.25) is 5.95 Å². The highest BCUT2D eigenvalue weighted by Crippen LogP contribution is 2.20. The molecule has 7 heteroatoms. The minimum atomic E-state index is -0.212. The third-order valence-electron chi connectivity index (χ3n) is 4.78. The first-order valence-corrected chi connectivity index (χ1v) is 9.44. The van der Waals surface area contributed by atoms with Crippen LogP contribution in [0.25, 0.3) is 0 Å². The zero-order valence-electron chi connectivity index (χ0n) is 14.9. The van der Waals surface area contributed by atoms with Crippen molar-refractivity contribution in [3.05, 3.63) is 71.3 Å². The molecule has 1 aliphatic rings. The van der Waals surface area contributed by atoms with Gasteiger partial charge in [-0.25, -0.2) is 14.1 Å². The number of benzene rings is 2. The van der Waals surface area contributed by atoms with Crippen molar-refractivity contribution < 1.29 is 4.39 Å². The first kappa shape index (κ1) is 17.8. The molecule has 0 saturated carbocycles. The molecule has 0 aliphatic carbocycles. The first-order chi connectivity index (χ1) is 13.2. The number of aromatic nitrogens is 3. The lowest BCUT2D eigenvalue weighted by Gasteiger charge is -2.32. The molecular formula is C20H21ClFN5. The topological polar surface area (TPSA) is 46.0 Å². The van der Waals surface area contributed by atoms with Crippen molar-refractivity contribution >= 4 is 23.2 Å². The van der Waals surface area contributed by atoms with E-state index < -0.39 is 0 Å². The molecule has 27 heavy (non-hydrogen) atoms. The zero-order valence-corrected chi connectivity index (χ0v) is 15.6. The zero-order chi connectivity index (χ0) is 18.6. The Morgan fingerprint density at radius 1 is 1.04 bits per heavy atom. The normalized spacial score (nSPS) is 15.1. The molecule has 4 rings (SSSR count). The molecule has 5 nitrogen and oxygen atoms in total. The van der Waals surface area contributed by atoms with Gasteiger partial charge in [-0.3, -0.25) is 0 Å². The molecule has 3 aromatic rings. The van der Waals surface area contributed by atoms with Crippen LogP contribution in [0.4, 0.5) is 16.0 Å². The van der Waals surface area contributed by atoms with Gasteiger partial charge in [-0.15, -0.1) is 5.10 Å². The standard InChI is InChI=1S/C20H21ClFN5/c21-16-3-1-15(2-4-16)13-27-14-23-20(25-27)26-11-9-19(10-12-26)24-18-7-5-17(22)6-8-18/h1-8,14,19,24H,9-13H2. The van der Waals surface area contributed by atoms with Gasteiger partial charge in [0.15, 0.2) is 0 Å². The van der Waals surface area contributed by atoms with E-state index in [4.69, 9.17) is 11.6 Å². The molecule has 1 fully saturated rings. The maximum absolute atomic E-state index is 13.0. The predicted molar refractivity (Wildman–Crippen MR) is 106 cm³/mol. The average Bonchev–Trinajstić information content (AvgIpc) is 3.15. The SMILES string of the molecule is Fc1ccc(NC2CCN(c3ncn(Cc4ccc(Cl)cc4)n3)CC2)cc1. The summed E-state index contributed by atoms with van der Waals surface area (Å²) in [4.78, 5) is 6.67. The predicted octanol–water partition coefficient (Wildman–Crippen LogP) is 4.20. The highest BCUT2D eigenvalue weighted by Gasteiger charge is 2.21. The summed E-state index contributed by atoms with van der Waals surface area (Å²) in [5, 5.41) is 8.81. The third kappa shape index (κ3) is 4.57. The molecule has 1 N–H and O–H groups in total. The summed E-state index contributed by atoms with van der Waals surface area (Å²) < 4.78 is 14.9. The third-order valence-corrected chi connectivity index (χ3v) is 5.03. The summed E-state index contributed by atoms with van der Waals surface area (Å²) in [5.41, 5.74) is 2.10. The van der Waals surface area contributed by atoms with Crippen LogP contribution < -0.4 is 10.2 Å². The van der Waals surface area contributed by atoms with Crippen LogP contribution in [-0.2, 0) is 6.54 Å². The monoisotopic (exact) mass is 385 g/mol. The van der Waals surface area contributed by atoms with Crippen molar-refractivity contribution in [2.24, 2.45) is 0 Å². The first-order valence-electron chi connectivity index (χ1n) is 9.07. The number of halogens is 2. The second-order valence-electron chi connectivity index (χ2n) is 6.78. The number of hydrogen-bond donors (Lipinski definition) is 1. The lowest BCUT2D eigenvalue weighted by molar-refractivity contribution is 0.518. The highest BCUT2D eigenvalue weighted by atomic mass is 35.5. The summed E-state index contributed by atoms with van der Waals surface area (Å²) in [7, 11) is 0. The summed E-state index contributed by atoms with van der Waals surface area (Å²) in [5.74, 6) is 0.555. The quantitative estimate of drug-likeness (QED) is 0.715. The van der Waals surface area contributed by atoms with Crippen LogP contribution in [0.3, 0.4) is 0 Å². The lowest BCUT2D eigenvalue weighted by Crippen LogP contribution is -2.39. The van der Waals surface area contributed by atoms with Gasteiger partial charge in [-0.1, -0.05) is 23.7 Å². The Morgan fingerprint density at radius 2 is 1.74 bits per heavy atom. The second-order valence-corrected chi connectivity index (χ2v) is 7.22. The van der Waals surface area contributed by atoms with Gasteiger partial charge in [0.1, 0.15) is 12.1 Å². The number of rotatable bonds is 5. The molecule has 140 valence electrons. The van der Waals surface area contributed by atoms with E-state index >= 15 is 0 Å². The Hall–Kier alpha value is -2.60. The van der Waals surface area contributed by atoms with Gasteiger partial charge in [-0.2, -0.15) is 0 Å². The van der Waals surface area contributed by atoms with E-state index in [9.17, 15) is 4.39 Å². The Labute approximate surface area is 162 Å². The molecule has 0 amide bonds. The van der Waals surface area contributed by atoms with E-state index in [0.717, 1.165) is 48.2 Å². The average molecular weight is 386 g/mol. The van der Waals surface area contributed by atoms with E-state index in [1.54, 1.807) is 18.5 Å². The fourth-order valence-corrected chi connectivity index (χ4v) is 3.41. The maximum atomic E-state index is 13.0. The molecule has 2 aromatic carbocycles. The van der Waals surface area contributed by atoms with E-state index in [1.165, 1.54) is 12.1 Å². The Morgan fingerprint density at radius 3 is 2.44 bits per heavy atom. The van der Waals surface area contributed by atoms with Crippen LogP contribution in [0.1, 0.15) is 18.4 Å². The van der Waals surface area contributed by atoms with Crippen molar-refractivity contribution in [1.29, 1.82) is 0 Å². The fraction of sp³-hybridized carbons (Fsp3) is 0.300. The van der Waals surface area contributed by atoms with Crippen LogP contribution >= 0.6 is 11.6 Å². The maximum Gasteiger partial charge on any atom is 0.244 e. The molecule has 0 radical (unpaired) electrons. The van der Waals surface area contributed by atoms with E-state index in [-0.39, 0.29) is 5.82 Å². The molecule has 1 saturated heterocycles. The molecule has 1 aromatic heterocycles. The number of hydrogen-bond acceptors (Lipinski definition) is 4. The smallest absolute Gasteiger partial charge is 0.244 e. The highest BCUT2D eigenvalue weighted by molar-refractivity contribution is 6.30. The van der Waals surface area contributed by atoms with Gasteiger partial charge in [-0.05, 0) is 54.8 Å². The molecule has 0 bridgehead atoms. The molecule has 1 aliphatic heterocycles. The van der Waals surface area contributed by atoms with E-state index in [1.807, 2.05) is 28.9 Å². The molecular weight excluding hydrogens is 365 g/mol. The van der Waals surface area contributed by atoms with Crippen LogP contribution in [-0.4, -0.2) is 33.9 Å². The Kier molecular flexibility index (Phi) is 5.25. The summed E-state index contributed by atoms with van der Waals surface area (Å²) >= 11 is 5.93. The second kappa shape index (κ2) is 7.96. The number of anilines is 2. The minimum absolute atomic E-state index is 0.212. The molecule has 0 atom stereocenters. The van der Waals surface area contributed by atoms with Gasteiger partial charge in [0.05, 0.1) is 6.54 Å². The van der Waals surface area contributed by atoms with Crippen LogP contribution in [0.15, 0.2) is 54.9 Å². The number of nitrogens with one attached hydrogen (secondary N) is 1. The van der Waals surface area contributed by atoms with Crippen LogP contribution in [0.5, 0.6) is 0 Å². The number of piperidine rings is 1. The minimum Gasteiger partial charge on any atom is -0.382 e. The Balaban J connectivity index is 1.31. The van der Waals surface area contributed by atoms with Gasteiger partial charge < -0.3 is 10.2 Å². The van der Waals surface area contributed by atoms with Crippen molar-refractivity contribution in [3.8, 4) is 0 Å². The summed E-state index contributed by atoms with van der Waals surface area (Å²) in [6.45, 7) is 2.46. The van der Waals surface area contributed by atoms with Crippen molar-refractivity contribution in [1.82, 2.24) is 14.8 Å².